The average molecular weight is 260 g/mol. The predicted octanol–water partition coefficient (Wildman–Crippen LogP) is 3.67. The maximum absolute atomic E-state index is 4.11. The van der Waals surface area contributed by atoms with E-state index in [-0.39, 0.29) is 0 Å². The first-order valence-electron chi connectivity index (χ1n) is 7.53. The van der Waals surface area contributed by atoms with Crippen molar-refractivity contribution in [2.24, 2.45) is 16.7 Å². The van der Waals surface area contributed by atoms with Crippen molar-refractivity contribution in [1.29, 1.82) is 0 Å². The van der Waals surface area contributed by atoms with Gasteiger partial charge in [0.1, 0.15) is 0 Å². The summed E-state index contributed by atoms with van der Waals surface area (Å²) < 4.78 is 0. The molecule has 1 fully saturated rings. The Balaban J connectivity index is 2.10. The van der Waals surface area contributed by atoms with Crippen LogP contribution < -0.4 is 5.32 Å². The Morgan fingerprint density at radius 2 is 1.74 bits per heavy atom. The molecular formula is C17H28N2. The molecule has 106 valence electrons. The van der Waals surface area contributed by atoms with Crippen molar-refractivity contribution in [2.45, 2.75) is 53.5 Å². The first kappa shape index (κ1) is 14.5. The van der Waals surface area contributed by atoms with Gasteiger partial charge in [-0.15, -0.1) is 0 Å². The molecule has 1 aliphatic carbocycles. The monoisotopic (exact) mass is 260 g/mol. The minimum atomic E-state index is 0.436. The molecule has 1 saturated carbocycles. The van der Waals surface area contributed by atoms with E-state index in [1.807, 2.05) is 12.4 Å². The van der Waals surface area contributed by atoms with Gasteiger partial charge in [0.15, 0.2) is 0 Å². The minimum absolute atomic E-state index is 0.436. The Morgan fingerprint density at radius 1 is 1.16 bits per heavy atom. The Kier molecular flexibility index (Phi) is 4.00. The molecule has 0 radical (unpaired) electrons. The van der Waals surface area contributed by atoms with Gasteiger partial charge in [-0.05, 0) is 53.8 Å². The van der Waals surface area contributed by atoms with Gasteiger partial charge in [0.2, 0.25) is 0 Å². The molecule has 1 atom stereocenters. The summed E-state index contributed by atoms with van der Waals surface area (Å²) in [7, 11) is 0. The lowest BCUT2D eigenvalue weighted by Crippen LogP contribution is -2.36. The third-order valence-corrected chi connectivity index (χ3v) is 5.40. The minimum Gasteiger partial charge on any atom is -0.313 e. The molecule has 1 heterocycles. The number of pyridine rings is 1. The van der Waals surface area contributed by atoms with Crippen LogP contribution in [0.25, 0.3) is 0 Å². The fourth-order valence-corrected chi connectivity index (χ4v) is 3.66. The van der Waals surface area contributed by atoms with E-state index in [0.717, 1.165) is 18.9 Å². The molecule has 0 aromatic carbocycles. The Bertz CT molecular complexity index is 395. The summed E-state index contributed by atoms with van der Waals surface area (Å²) in [6.07, 6.45) is 6.10. The standard InChI is InChI=1S/C17H28N2/c1-6-9-19-14(12-13-7-10-18-11-8-13)15-16(2,3)17(15,4)5/h7-8,10-11,14-15,19H,6,9,12H2,1-5H3. The second kappa shape index (κ2) is 5.24. The van der Waals surface area contributed by atoms with E-state index in [0.29, 0.717) is 16.9 Å². The number of hydrogen-bond donors (Lipinski definition) is 1. The number of nitrogens with zero attached hydrogens (tertiary/aromatic N) is 1. The smallest absolute Gasteiger partial charge is 0.0270 e. The Hall–Kier alpha value is -0.890. The molecule has 1 N–H and O–H groups in total. The maximum Gasteiger partial charge on any atom is 0.0270 e. The molecule has 1 aromatic rings. The van der Waals surface area contributed by atoms with Crippen molar-refractivity contribution in [3.63, 3.8) is 0 Å². The highest BCUT2D eigenvalue weighted by atomic mass is 15.0. The summed E-state index contributed by atoms with van der Waals surface area (Å²) in [5, 5.41) is 3.77. The van der Waals surface area contributed by atoms with Crippen LogP contribution in [0, 0.1) is 16.7 Å². The Labute approximate surface area is 118 Å². The van der Waals surface area contributed by atoms with Gasteiger partial charge in [-0.25, -0.2) is 0 Å². The van der Waals surface area contributed by atoms with Crippen molar-refractivity contribution >= 4 is 0 Å². The lowest BCUT2D eigenvalue weighted by atomic mass is 9.97. The summed E-state index contributed by atoms with van der Waals surface area (Å²) in [6, 6.07) is 4.86. The zero-order valence-corrected chi connectivity index (χ0v) is 13.0. The molecule has 1 aromatic heterocycles. The van der Waals surface area contributed by atoms with E-state index in [2.05, 4.69) is 57.1 Å². The van der Waals surface area contributed by atoms with E-state index in [1.54, 1.807) is 0 Å². The fraction of sp³-hybridized carbons (Fsp3) is 0.706. The molecule has 0 amide bonds. The lowest BCUT2D eigenvalue weighted by Gasteiger charge is -2.21. The summed E-state index contributed by atoms with van der Waals surface area (Å²) in [5.41, 5.74) is 2.26. The van der Waals surface area contributed by atoms with Crippen LogP contribution in [-0.4, -0.2) is 17.6 Å². The highest BCUT2D eigenvalue weighted by Gasteiger charge is 2.66. The summed E-state index contributed by atoms with van der Waals surface area (Å²) in [6.45, 7) is 13.0. The topological polar surface area (TPSA) is 24.9 Å². The van der Waals surface area contributed by atoms with Gasteiger partial charge in [-0.3, -0.25) is 4.98 Å². The molecule has 1 unspecified atom stereocenters. The number of nitrogens with one attached hydrogen (secondary N) is 1. The largest absolute Gasteiger partial charge is 0.313 e. The molecule has 0 bridgehead atoms. The molecule has 0 saturated heterocycles. The first-order valence-corrected chi connectivity index (χ1v) is 7.53. The van der Waals surface area contributed by atoms with Crippen LogP contribution in [0.3, 0.4) is 0 Å². The van der Waals surface area contributed by atoms with Gasteiger partial charge >= 0.3 is 0 Å². The van der Waals surface area contributed by atoms with E-state index in [4.69, 9.17) is 0 Å². The number of hydrogen-bond acceptors (Lipinski definition) is 2. The molecule has 2 nitrogen and oxygen atoms in total. The van der Waals surface area contributed by atoms with Gasteiger partial charge in [0.25, 0.3) is 0 Å². The van der Waals surface area contributed by atoms with Gasteiger partial charge in [-0.2, -0.15) is 0 Å². The molecule has 0 spiro atoms. The van der Waals surface area contributed by atoms with Crippen molar-refractivity contribution in [3.05, 3.63) is 30.1 Å². The number of rotatable bonds is 6. The van der Waals surface area contributed by atoms with Gasteiger partial charge in [0.05, 0.1) is 0 Å². The molecule has 1 aliphatic rings. The third kappa shape index (κ3) is 2.69. The van der Waals surface area contributed by atoms with Crippen LogP contribution in [0.5, 0.6) is 0 Å². The van der Waals surface area contributed by atoms with E-state index in [1.165, 1.54) is 12.0 Å². The molecule has 0 aliphatic heterocycles. The van der Waals surface area contributed by atoms with Crippen LogP contribution in [0.1, 0.15) is 46.6 Å². The van der Waals surface area contributed by atoms with Crippen LogP contribution in [0.15, 0.2) is 24.5 Å². The SMILES string of the molecule is CCCNC(Cc1ccncc1)C1C(C)(C)C1(C)C. The highest BCUT2D eigenvalue weighted by Crippen LogP contribution is 2.69. The van der Waals surface area contributed by atoms with Crippen LogP contribution in [-0.2, 0) is 6.42 Å². The van der Waals surface area contributed by atoms with Crippen LogP contribution in [0.4, 0.5) is 0 Å². The lowest BCUT2D eigenvalue weighted by molar-refractivity contribution is 0.395. The van der Waals surface area contributed by atoms with Gasteiger partial charge < -0.3 is 5.32 Å². The van der Waals surface area contributed by atoms with Crippen LogP contribution >= 0.6 is 0 Å². The second-order valence-corrected chi connectivity index (χ2v) is 7.04. The van der Waals surface area contributed by atoms with Gasteiger partial charge in [0, 0.05) is 18.4 Å². The normalized spacial score (nSPS) is 22.2. The zero-order chi connectivity index (χ0) is 14.1. The van der Waals surface area contributed by atoms with E-state index < -0.39 is 0 Å². The van der Waals surface area contributed by atoms with Crippen molar-refractivity contribution in [3.8, 4) is 0 Å². The van der Waals surface area contributed by atoms with Crippen molar-refractivity contribution in [2.75, 3.05) is 6.54 Å². The maximum atomic E-state index is 4.11. The fourth-order valence-electron chi connectivity index (χ4n) is 3.66. The highest BCUT2D eigenvalue weighted by molar-refractivity contribution is 5.20. The molecular weight excluding hydrogens is 232 g/mol. The Morgan fingerprint density at radius 3 is 2.21 bits per heavy atom. The quantitative estimate of drug-likeness (QED) is 0.844. The zero-order valence-electron chi connectivity index (χ0n) is 13.0. The molecule has 2 rings (SSSR count). The summed E-state index contributed by atoms with van der Waals surface area (Å²) in [5.74, 6) is 0.750. The summed E-state index contributed by atoms with van der Waals surface area (Å²) >= 11 is 0. The molecule has 2 heteroatoms. The van der Waals surface area contributed by atoms with Crippen LogP contribution in [0.2, 0.25) is 0 Å². The second-order valence-electron chi connectivity index (χ2n) is 7.04. The van der Waals surface area contributed by atoms with Crippen molar-refractivity contribution in [1.82, 2.24) is 10.3 Å². The van der Waals surface area contributed by atoms with Crippen molar-refractivity contribution < 1.29 is 0 Å². The summed E-state index contributed by atoms with van der Waals surface area (Å²) in [4.78, 5) is 4.11. The third-order valence-electron chi connectivity index (χ3n) is 5.40. The van der Waals surface area contributed by atoms with Gasteiger partial charge in [-0.1, -0.05) is 34.6 Å². The van der Waals surface area contributed by atoms with E-state index in [9.17, 15) is 0 Å². The number of aromatic nitrogens is 1. The van der Waals surface area contributed by atoms with E-state index >= 15 is 0 Å². The predicted molar refractivity (Wildman–Crippen MR) is 81.1 cm³/mol. The average Bonchev–Trinajstić information content (AvgIpc) is 2.77. The molecule has 19 heavy (non-hydrogen) atoms. The first-order chi connectivity index (χ1) is 8.91.